The molecule has 30 heavy (non-hydrogen) atoms. The highest BCUT2D eigenvalue weighted by molar-refractivity contribution is 6.09. The van der Waals surface area contributed by atoms with Crippen molar-refractivity contribution < 1.29 is 23.8 Å². The Balaban J connectivity index is 2.15. The van der Waals surface area contributed by atoms with Crippen molar-refractivity contribution in [2.45, 2.75) is 26.9 Å². The Kier molecular flexibility index (Phi) is 8.00. The predicted molar refractivity (Wildman–Crippen MR) is 113 cm³/mol. The van der Waals surface area contributed by atoms with Gasteiger partial charge in [0.05, 0.1) is 25.4 Å². The Hall–Kier alpha value is -3.79. The summed E-state index contributed by atoms with van der Waals surface area (Å²) in [6, 6.07) is 13.3. The van der Waals surface area contributed by atoms with Gasteiger partial charge in [-0.3, -0.25) is 4.79 Å². The van der Waals surface area contributed by atoms with Crippen LogP contribution in [0.25, 0.3) is 6.08 Å². The Morgan fingerprint density at radius 1 is 1.13 bits per heavy atom. The van der Waals surface area contributed by atoms with E-state index in [0.29, 0.717) is 34.9 Å². The van der Waals surface area contributed by atoms with Crippen LogP contribution < -0.4 is 14.8 Å². The molecule has 7 nitrogen and oxygen atoms in total. The van der Waals surface area contributed by atoms with Gasteiger partial charge in [-0.05, 0) is 68.8 Å². The number of nitriles is 1. The summed E-state index contributed by atoms with van der Waals surface area (Å²) >= 11 is 0. The minimum Gasteiger partial charge on any atom is -0.493 e. The number of hydrogen-bond donors (Lipinski definition) is 1. The molecule has 0 atom stereocenters. The number of benzene rings is 2. The minimum atomic E-state index is -0.567. The molecule has 0 bridgehead atoms. The second-order valence-electron chi connectivity index (χ2n) is 6.50. The topological polar surface area (TPSA) is 97.7 Å². The van der Waals surface area contributed by atoms with E-state index in [9.17, 15) is 14.9 Å². The summed E-state index contributed by atoms with van der Waals surface area (Å²) in [4.78, 5) is 24.4. The largest absolute Gasteiger partial charge is 0.493 e. The maximum Gasteiger partial charge on any atom is 0.338 e. The van der Waals surface area contributed by atoms with E-state index in [0.717, 1.165) is 0 Å². The molecule has 0 aliphatic heterocycles. The van der Waals surface area contributed by atoms with Crippen LogP contribution in [0.3, 0.4) is 0 Å². The van der Waals surface area contributed by atoms with Crippen molar-refractivity contribution >= 4 is 23.6 Å². The van der Waals surface area contributed by atoms with E-state index < -0.39 is 11.9 Å². The van der Waals surface area contributed by atoms with Crippen LogP contribution in [-0.4, -0.2) is 31.7 Å². The molecule has 2 rings (SSSR count). The summed E-state index contributed by atoms with van der Waals surface area (Å²) in [5, 5.41) is 12.0. The van der Waals surface area contributed by atoms with Gasteiger partial charge in [0.2, 0.25) is 0 Å². The number of methoxy groups -OCH3 is 1. The zero-order valence-corrected chi connectivity index (χ0v) is 17.4. The Morgan fingerprint density at radius 3 is 2.40 bits per heavy atom. The third kappa shape index (κ3) is 6.11. The fraction of sp³-hybridized carbons (Fsp3) is 0.261. The lowest BCUT2D eigenvalue weighted by atomic mass is 10.1. The molecule has 2 aromatic rings. The number of nitrogens with one attached hydrogen (secondary N) is 1. The molecule has 0 saturated heterocycles. The lowest BCUT2D eigenvalue weighted by Gasteiger charge is -2.10. The van der Waals surface area contributed by atoms with Gasteiger partial charge in [0.25, 0.3) is 5.91 Å². The van der Waals surface area contributed by atoms with E-state index in [-0.39, 0.29) is 11.7 Å². The van der Waals surface area contributed by atoms with Gasteiger partial charge >= 0.3 is 5.97 Å². The van der Waals surface area contributed by atoms with E-state index in [1.54, 1.807) is 56.3 Å². The highest BCUT2D eigenvalue weighted by atomic mass is 16.5. The molecule has 0 radical (unpaired) electrons. The summed E-state index contributed by atoms with van der Waals surface area (Å²) in [6.45, 7) is 5.89. The van der Waals surface area contributed by atoms with E-state index in [1.165, 1.54) is 13.2 Å². The number of esters is 1. The molecule has 0 saturated carbocycles. The molecule has 1 N–H and O–H groups in total. The molecule has 0 heterocycles. The van der Waals surface area contributed by atoms with E-state index >= 15 is 0 Å². The van der Waals surface area contributed by atoms with Crippen molar-refractivity contribution in [3.8, 4) is 17.6 Å². The zero-order valence-electron chi connectivity index (χ0n) is 17.4. The normalized spacial score (nSPS) is 10.9. The summed E-state index contributed by atoms with van der Waals surface area (Å²) in [5.74, 6) is 0.0798. The zero-order chi connectivity index (χ0) is 22.1. The number of ether oxygens (including phenoxy) is 3. The predicted octanol–water partition coefficient (Wildman–Crippen LogP) is 4.20. The molecule has 156 valence electrons. The van der Waals surface area contributed by atoms with Gasteiger partial charge in [-0.15, -0.1) is 0 Å². The van der Waals surface area contributed by atoms with Crippen LogP contribution in [0.5, 0.6) is 11.5 Å². The number of carbonyl (C=O) groups excluding carboxylic acids is 2. The summed E-state index contributed by atoms with van der Waals surface area (Å²) in [7, 11) is 1.52. The average molecular weight is 408 g/mol. The first kappa shape index (κ1) is 22.5. The van der Waals surface area contributed by atoms with Crippen LogP contribution in [0.1, 0.15) is 36.7 Å². The van der Waals surface area contributed by atoms with Crippen molar-refractivity contribution in [3.05, 3.63) is 59.2 Å². The quantitative estimate of drug-likeness (QED) is 0.399. The second-order valence-corrected chi connectivity index (χ2v) is 6.50. The average Bonchev–Trinajstić information content (AvgIpc) is 2.72. The molecule has 0 aliphatic rings. The van der Waals surface area contributed by atoms with Crippen LogP contribution in [0, 0.1) is 11.3 Å². The van der Waals surface area contributed by atoms with Gasteiger partial charge in [0.15, 0.2) is 11.5 Å². The van der Waals surface area contributed by atoms with E-state index in [1.807, 2.05) is 13.0 Å². The molecule has 0 aromatic heterocycles. The number of anilines is 1. The van der Waals surface area contributed by atoms with Gasteiger partial charge in [-0.25, -0.2) is 4.79 Å². The Bertz CT molecular complexity index is 972. The second kappa shape index (κ2) is 10.7. The maximum atomic E-state index is 12.5. The van der Waals surface area contributed by atoms with Gasteiger partial charge in [0, 0.05) is 5.69 Å². The third-order valence-corrected chi connectivity index (χ3v) is 3.88. The van der Waals surface area contributed by atoms with Crippen LogP contribution in [-0.2, 0) is 9.53 Å². The summed E-state index contributed by atoms with van der Waals surface area (Å²) in [5.41, 5.74) is 1.36. The highest BCUT2D eigenvalue weighted by Gasteiger charge is 2.13. The lowest BCUT2D eigenvalue weighted by Crippen LogP contribution is -2.14. The van der Waals surface area contributed by atoms with Crippen molar-refractivity contribution in [1.29, 1.82) is 5.26 Å². The van der Waals surface area contributed by atoms with Crippen molar-refractivity contribution in [2.24, 2.45) is 0 Å². The first-order valence-electron chi connectivity index (χ1n) is 9.43. The number of amides is 1. The fourth-order valence-corrected chi connectivity index (χ4v) is 2.53. The van der Waals surface area contributed by atoms with Crippen LogP contribution >= 0.6 is 0 Å². The molecule has 0 unspecified atom stereocenters. The van der Waals surface area contributed by atoms with E-state index in [4.69, 9.17) is 14.2 Å². The Labute approximate surface area is 175 Å². The molecule has 2 aromatic carbocycles. The smallest absolute Gasteiger partial charge is 0.338 e. The summed E-state index contributed by atoms with van der Waals surface area (Å²) in [6.07, 6.45) is 1.24. The number of nitrogens with zero attached hydrogens (tertiary/aromatic N) is 1. The molecule has 0 spiro atoms. The third-order valence-electron chi connectivity index (χ3n) is 3.88. The number of rotatable bonds is 8. The first-order valence-corrected chi connectivity index (χ1v) is 9.43. The van der Waals surface area contributed by atoms with Gasteiger partial charge < -0.3 is 19.5 Å². The van der Waals surface area contributed by atoms with Crippen molar-refractivity contribution in [1.82, 2.24) is 0 Å². The molecule has 0 fully saturated rings. The molecule has 7 heteroatoms. The molecule has 0 aliphatic carbocycles. The van der Waals surface area contributed by atoms with Gasteiger partial charge in [-0.2, -0.15) is 5.26 Å². The van der Waals surface area contributed by atoms with Crippen LogP contribution in [0.4, 0.5) is 5.69 Å². The van der Waals surface area contributed by atoms with Crippen molar-refractivity contribution in [3.63, 3.8) is 0 Å². The fourth-order valence-electron chi connectivity index (χ4n) is 2.53. The standard InChI is InChI=1S/C23H24N2O5/c1-5-29-20-11-6-16(13-21(20)28-4)12-18(14-24)22(26)25-19-9-7-17(8-10-19)23(27)30-15(2)3/h6-13,15H,5H2,1-4H3,(H,25,26)/b18-12+. The lowest BCUT2D eigenvalue weighted by molar-refractivity contribution is -0.112. The number of hydrogen-bond acceptors (Lipinski definition) is 6. The monoisotopic (exact) mass is 408 g/mol. The SMILES string of the molecule is CCOc1ccc(/C=C(\C#N)C(=O)Nc2ccc(C(=O)OC(C)C)cc2)cc1OC. The van der Waals surface area contributed by atoms with Gasteiger partial charge in [-0.1, -0.05) is 6.07 Å². The van der Waals surface area contributed by atoms with Crippen LogP contribution in [0.2, 0.25) is 0 Å². The van der Waals surface area contributed by atoms with Crippen LogP contribution in [0.15, 0.2) is 48.0 Å². The molecular weight excluding hydrogens is 384 g/mol. The number of carbonyl (C=O) groups is 2. The molecule has 1 amide bonds. The van der Waals surface area contributed by atoms with Crippen molar-refractivity contribution in [2.75, 3.05) is 19.0 Å². The summed E-state index contributed by atoms with van der Waals surface area (Å²) < 4.78 is 15.9. The highest BCUT2D eigenvalue weighted by Crippen LogP contribution is 2.29. The maximum absolute atomic E-state index is 12.5. The minimum absolute atomic E-state index is 0.0792. The Morgan fingerprint density at radius 2 is 1.83 bits per heavy atom. The van der Waals surface area contributed by atoms with Gasteiger partial charge in [0.1, 0.15) is 11.6 Å². The van der Waals surface area contributed by atoms with E-state index in [2.05, 4.69) is 5.32 Å². The first-order chi connectivity index (χ1) is 14.4. The molecular formula is C23H24N2O5.